The number of carbonyl (C=O) groups excluding carboxylic acids is 1. The van der Waals surface area contributed by atoms with Gasteiger partial charge in [0, 0.05) is 18.7 Å². The zero-order valence-corrected chi connectivity index (χ0v) is 14.8. The Morgan fingerprint density at radius 2 is 2.17 bits per heavy atom. The molecule has 6 nitrogen and oxygen atoms in total. The first-order valence-corrected chi connectivity index (χ1v) is 9.36. The fourth-order valence-corrected chi connectivity index (χ4v) is 4.00. The molecule has 1 aromatic heterocycles. The van der Waals surface area contributed by atoms with E-state index in [0.717, 1.165) is 28.7 Å². The topological polar surface area (TPSA) is 79.1 Å². The molecule has 1 aliphatic rings. The van der Waals surface area contributed by atoms with E-state index in [4.69, 9.17) is 10.00 Å². The molecule has 3 rings (SSSR count). The first-order chi connectivity index (χ1) is 11.7. The second-order valence-corrected chi connectivity index (χ2v) is 7.60. The Labute approximate surface area is 148 Å². The summed E-state index contributed by atoms with van der Waals surface area (Å²) in [5.41, 5.74) is 0.615. The number of ether oxygens (including phenoxy) is 1. The van der Waals surface area contributed by atoms with Gasteiger partial charge in [-0.25, -0.2) is 0 Å². The number of nitrogens with zero attached hydrogens (tertiary/aromatic N) is 4. The van der Waals surface area contributed by atoms with Crippen LogP contribution in [0.3, 0.4) is 0 Å². The highest BCUT2D eigenvalue weighted by molar-refractivity contribution is 8.01. The van der Waals surface area contributed by atoms with Crippen molar-refractivity contribution in [2.75, 3.05) is 17.3 Å². The Hall–Kier alpha value is -2.11. The maximum absolute atomic E-state index is 11.7. The van der Waals surface area contributed by atoms with Gasteiger partial charge in [-0.2, -0.15) is 5.26 Å². The maximum atomic E-state index is 11.7. The van der Waals surface area contributed by atoms with E-state index < -0.39 is 0 Å². The van der Waals surface area contributed by atoms with Gasteiger partial charge in [0.1, 0.15) is 5.75 Å². The molecular formula is C16H16N4O2S2. The van der Waals surface area contributed by atoms with Crippen molar-refractivity contribution in [3.8, 4) is 11.8 Å². The molecule has 0 radical (unpaired) electrons. The smallest absolute Gasteiger partial charge is 0.225 e. The summed E-state index contributed by atoms with van der Waals surface area (Å²) < 4.78 is 6.46. The van der Waals surface area contributed by atoms with Crippen LogP contribution in [0.4, 0.5) is 5.13 Å². The van der Waals surface area contributed by atoms with Gasteiger partial charge in [0.2, 0.25) is 11.0 Å². The van der Waals surface area contributed by atoms with Gasteiger partial charge in [-0.1, -0.05) is 23.1 Å². The lowest BCUT2D eigenvalue weighted by Gasteiger charge is -2.15. The van der Waals surface area contributed by atoms with Crippen molar-refractivity contribution in [1.82, 2.24) is 10.2 Å². The first-order valence-electron chi connectivity index (χ1n) is 7.56. The molecule has 124 valence electrons. The van der Waals surface area contributed by atoms with Crippen molar-refractivity contribution in [1.29, 1.82) is 5.26 Å². The first kappa shape index (κ1) is 16.7. The molecule has 24 heavy (non-hydrogen) atoms. The van der Waals surface area contributed by atoms with Crippen molar-refractivity contribution < 1.29 is 9.53 Å². The zero-order chi connectivity index (χ0) is 16.9. The third-order valence-corrected chi connectivity index (χ3v) is 5.43. The van der Waals surface area contributed by atoms with Crippen molar-refractivity contribution in [3.05, 3.63) is 29.8 Å². The quantitative estimate of drug-likeness (QED) is 0.429. The van der Waals surface area contributed by atoms with Crippen molar-refractivity contribution >= 4 is 34.1 Å². The van der Waals surface area contributed by atoms with Crippen LogP contribution in [-0.4, -0.2) is 34.5 Å². The Kier molecular flexibility index (Phi) is 5.33. The van der Waals surface area contributed by atoms with E-state index in [0.29, 0.717) is 23.3 Å². The summed E-state index contributed by atoms with van der Waals surface area (Å²) in [7, 11) is 0. The van der Waals surface area contributed by atoms with Crippen LogP contribution in [0.5, 0.6) is 5.75 Å². The number of thioether (sulfide) groups is 1. The van der Waals surface area contributed by atoms with E-state index in [-0.39, 0.29) is 5.91 Å². The molecule has 1 aromatic carbocycles. The fourth-order valence-electron chi connectivity index (χ4n) is 2.15. The lowest BCUT2D eigenvalue weighted by atomic mass is 10.2. The maximum Gasteiger partial charge on any atom is 0.225 e. The van der Waals surface area contributed by atoms with Crippen molar-refractivity contribution in [3.63, 3.8) is 0 Å². The van der Waals surface area contributed by atoms with Gasteiger partial charge < -0.3 is 4.74 Å². The minimum atomic E-state index is 0.0225. The molecule has 8 heteroatoms. The van der Waals surface area contributed by atoms with Gasteiger partial charge in [0.15, 0.2) is 4.34 Å². The zero-order valence-electron chi connectivity index (χ0n) is 13.1. The average molecular weight is 360 g/mol. The Morgan fingerprint density at radius 1 is 1.42 bits per heavy atom. The number of benzene rings is 1. The average Bonchev–Trinajstić information content (AvgIpc) is 3.30. The second kappa shape index (κ2) is 7.64. The van der Waals surface area contributed by atoms with Crippen LogP contribution in [0.2, 0.25) is 0 Å². The SMILES string of the molecule is CC(=O)N(c1nnc(SCCOc2ccc(C#N)cc2)s1)C1CC1. The van der Waals surface area contributed by atoms with Gasteiger partial charge >= 0.3 is 0 Å². The summed E-state index contributed by atoms with van der Waals surface area (Å²) in [6, 6.07) is 9.40. The predicted molar refractivity (Wildman–Crippen MR) is 93.5 cm³/mol. The summed E-state index contributed by atoms with van der Waals surface area (Å²) in [5, 5.41) is 17.7. The van der Waals surface area contributed by atoms with Crippen LogP contribution >= 0.6 is 23.1 Å². The lowest BCUT2D eigenvalue weighted by molar-refractivity contribution is -0.116. The number of hydrogen-bond donors (Lipinski definition) is 0. The van der Waals surface area contributed by atoms with Crippen molar-refractivity contribution in [2.45, 2.75) is 30.1 Å². The largest absolute Gasteiger partial charge is 0.493 e. The van der Waals surface area contributed by atoms with Crippen LogP contribution in [0.15, 0.2) is 28.6 Å². The monoisotopic (exact) mass is 360 g/mol. The summed E-state index contributed by atoms with van der Waals surface area (Å²) in [4.78, 5) is 13.5. The molecule has 0 bridgehead atoms. The standard InChI is InChI=1S/C16H16N4O2S2/c1-11(21)20(13-4-5-13)15-18-19-16(24-15)23-9-8-22-14-6-2-12(10-17)3-7-14/h2-3,6-7,13H,4-5,8-9H2,1H3. The van der Waals surface area contributed by atoms with E-state index in [9.17, 15) is 4.79 Å². The molecule has 2 aromatic rings. The van der Waals surface area contributed by atoms with E-state index in [2.05, 4.69) is 16.3 Å². The van der Waals surface area contributed by atoms with Gasteiger partial charge in [-0.15, -0.1) is 10.2 Å². The molecule has 1 aliphatic carbocycles. The van der Waals surface area contributed by atoms with Gasteiger partial charge in [-0.05, 0) is 37.1 Å². The van der Waals surface area contributed by atoms with Crippen LogP contribution in [-0.2, 0) is 4.79 Å². The molecule has 1 saturated carbocycles. The number of hydrogen-bond acceptors (Lipinski definition) is 7. The second-order valence-electron chi connectivity index (χ2n) is 5.30. The van der Waals surface area contributed by atoms with E-state index in [1.54, 1.807) is 47.9 Å². The number of carbonyl (C=O) groups is 1. The summed E-state index contributed by atoms with van der Waals surface area (Å²) in [6.45, 7) is 2.10. The normalized spacial score (nSPS) is 13.3. The third-order valence-electron chi connectivity index (χ3n) is 3.41. The van der Waals surface area contributed by atoms with Crippen LogP contribution in [0.1, 0.15) is 25.3 Å². The van der Waals surface area contributed by atoms with Crippen LogP contribution in [0.25, 0.3) is 0 Å². The van der Waals surface area contributed by atoms with Crippen LogP contribution < -0.4 is 9.64 Å². The van der Waals surface area contributed by atoms with E-state index in [1.807, 2.05) is 0 Å². The molecule has 0 N–H and O–H groups in total. The molecule has 0 aliphatic heterocycles. The Bertz CT molecular complexity index is 750. The molecule has 0 saturated heterocycles. The molecule has 0 unspecified atom stereocenters. The number of amides is 1. The van der Waals surface area contributed by atoms with Gasteiger partial charge in [-0.3, -0.25) is 9.69 Å². The summed E-state index contributed by atoms with van der Waals surface area (Å²) in [5.74, 6) is 1.50. The highest BCUT2D eigenvalue weighted by atomic mass is 32.2. The molecule has 1 amide bonds. The minimum absolute atomic E-state index is 0.0225. The molecule has 1 fully saturated rings. The highest BCUT2D eigenvalue weighted by Crippen LogP contribution is 2.35. The van der Waals surface area contributed by atoms with Crippen LogP contribution in [0, 0.1) is 11.3 Å². The Balaban J connectivity index is 1.47. The molecule has 0 atom stereocenters. The number of anilines is 1. The van der Waals surface area contributed by atoms with E-state index >= 15 is 0 Å². The summed E-state index contributed by atoms with van der Waals surface area (Å²) in [6.07, 6.45) is 2.08. The predicted octanol–water partition coefficient (Wildman–Crippen LogP) is 3.10. The molecule has 1 heterocycles. The van der Waals surface area contributed by atoms with Gasteiger partial charge in [0.25, 0.3) is 0 Å². The minimum Gasteiger partial charge on any atom is -0.493 e. The Morgan fingerprint density at radius 3 is 2.79 bits per heavy atom. The highest BCUT2D eigenvalue weighted by Gasteiger charge is 2.34. The van der Waals surface area contributed by atoms with Gasteiger partial charge in [0.05, 0.1) is 18.2 Å². The number of aromatic nitrogens is 2. The molecule has 0 spiro atoms. The number of rotatable bonds is 7. The fraction of sp³-hybridized carbons (Fsp3) is 0.375. The van der Waals surface area contributed by atoms with E-state index in [1.165, 1.54) is 11.3 Å². The summed E-state index contributed by atoms with van der Waals surface area (Å²) >= 11 is 3.00. The third kappa shape index (κ3) is 4.24. The number of nitriles is 1. The van der Waals surface area contributed by atoms with Crippen molar-refractivity contribution in [2.24, 2.45) is 0 Å². The molecular weight excluding hydrogens is 344 g/mol. The lowest BCUT2D eigenvalue weighted by Crippen LogP contribution is -2.30.